The molecule has 25 heavy (non-hydrogen) atoms. The van der Waals surface area contributed by atoms with Crippen molar-refractivity contribution >= 4 is 33.2 Å². The summed E-state index contributed by atoms with van der Waals surface area (Å²) in [5.41, 5.74) is 1.38. The molecule has 3 aromatic rings. The Morgan fingerprint density at radius 2 is 1.96 bits per heavy atom. The van der Waals surface area contributed by atoms with Crippen LogP contribution in [0.2, 0.25) is 0 Å². The molecule has 2 aromatic heterocycles. The molecule has 0 atom stereocenters. The van der Waals surface area contributed by atoms with Crippen molar-refractivity contribution < 1.29 is 13.2 Å². The van der Waals surface area contributed by atoms with Crippen LogP contribution in [0.25, 0.3) is 11.8 Å². The Labute approximate surface area is 148 Å². The zero-order chi connectivity index (χ0) is 18.0. The maximum Gasteiger partial charge on any atom is 0.238 e. The summed E-state index contributed by atoms with van der Waals surface area (Å²) in [6, 6.07) is 9.68. The normalized spacial score (nSPS) is 11.9. The third-order valence-electron chi connectivity index (χ3n) is 3.48. The minimum atomic E-state index is -3.76. The molecule has 0 amide bonds. The van der Waals surface area contributed by atoms with Gasteiger partial charge in [0.05, 0.1) is 16.3 Å². The molecule has 0 fully saturated rings. The number of sulfonamides is 1. The summed E-state index contributed by atoms with van der Waals surface area (Å²) >= 11 is 1.53. The lowest BCUT2D eigenvalue weighted by molar-refractivity contribution is 0.104. The summed E-state index contributed by atoms with van der Waals surface area (Å²) < 4.78 is 24.1. The van der Waals surface area contributed by atoms with Crippen LogP contribution in [-0.4, -0.2) is 29.2 Å². The van der Waals surface area contributed by atoms with E-state index in [0.717, 1.165) is 4.88 Å². The average Bonchev–Trinajstić information content (AvgIpc) is 3.21. The van der Waals surface area contributed by atoms with Crippen LogP contribution in [-0.2, 0) is 10.0 Å². The summed E-state index contributed by atoms with van der Waals surface area (Å²) in [5.74, 6) is -0.252. The molecule has 0 unspecified atom stereocenters. The van der Waals surface area contributed by atoms with Crippen molar-refractivity contribution in [3.05, 3.63) is 64.1 Å². The van der Waals surface area contributed by atoms with E-state index < -0.39 is 10.0 Å². The van der Waals surface area contributed by atoms with E-state index >= 15 is 0 Å². The molecule has 1 aromatic carbocycles. The first-order valence-electron chi connectivity index (χ1n) is 7.18. The second-order valence-electron chi connectivity index (χ2n) is 5.19. The van der Waals surface area contributed by atoms with Gasteiger partial charge >= 0.3 is 0 Å². The standard InChI is InChI=1S/C16H14N4O3S2/c1-11-16(15(21)9-6-13-3-2-10-24-13)18-19-20(11)12-4-7-14(8-5-12)25(17,22)23/h2-10H,1H3,(H2,17,22,23)/b9-6+. The molecular weight excluding hydrogens is 360 g/mol. The number of thiophene rings is 1. The molecule has 0 aliphatic heterocycles. The Balaban J connectivity index is 1.87. The number of rotatable bonds is 5. The van der Waals surface area contributed by atoms with Gasteiger partial charge < -0.3 is 0 Å². The SMILES string of the molecule is Cc1c(C(=O)/C=C/c2cccs2)nnn1-c1ccc(S(N)(=O)=O)cc1. The highest BCUT2D eigenvalue weighted by Crippen LogP contribution is 2.16. The fourth-order valence-corrected chi connectivity index (χ4v) is 3.34. The predicted octanol–water partition coefficient (Wildman–Crippen LogP) is 2.18. The van der Waals surface area contributed by atoms with Crippen molar-refractivity contribution in [1.29, 1.82) is 0 Å². The Morgan fingerprint density at radius 3 is 2.56 bits per heavy atom. The molecule has 128 valence electrons. The number of aromatic nitrogens is 3. The molecule has 9 heteroatoms. The highest BCUT2D eigenvalue weighted by Gasteiger charge is 2.16. The largest absolute Gasteiger partial charge is 0.287 e. The number of primary sulfonamides is 1. The molecule has 2 heterocycles. The van der Waals surface area contributed by atoms with Crippen LogP contribution < -0.4 is 5.14 Å². The van der Waals surface area contributed by atoms with Gasteiger partial charge in [-0.15, -0.1) is 16.4 Å². The lowest BCUT2D eigenvalue weighted by Gasteiger charge is -2.04. The van der Waals surface area contributed by atoms with E-state index in [1.165, 1.54) is 34.2 Å². The highest BCUT2D eigenvalue weighted by molar-refractivity contribution is 7.89. The molecular formula is C16H14N4O3S2. The molecule has 0 aliphatic carbocycles. The Bertz CT molecular complexity index is 1030. The first-order valence-corrected chi connectivity index (χ1v) is 9.60. The van der Waals surface area contributed by atoms with Crippen LogP contribution in [0.15, 0.2) is 52.7 Å². The van der Waals surface area contributed by atoms with Gasteiger partial charge in [0, 0.05) is 4.88 Å². The second-order valence-corrected chi connectivity index (χ2v) is 7.73. The number of hydrogen-bond donors (Lipinski definition) is 1. The van der Waals surface area contributed by atoms with Gasteiger partial charge in [0.1, 0.15) is 0 Å². The van der Waals surface area contributed by atoms with Gasteiger partial charge in [0.2, 0.25) is 15.8 Å². The number of carbonyl (C=O) groups is 1. The number of nitrogens with two attached hydrogens (primary N) is 1. The van der Waals surface area contributed by atoms with Gasteiger partial charge in [-0.2, -0.15) is 0 Å². The average molecular weight is 374 g/mol. The Hall–Kier alpha value is -2.62. The van der Waals surface area contributed by atoms with E-state index in [1.807, 2.05) is 17.5 Å². The molecule has 0 saturated heterocycles. The summed E-state index contributed by atoms with van der Waals surface area (Å²) in [6.45, 7) is 1.72. The number of nitrogens with zero attached hydrogens (tertiary/aromatic N) is 3. The van der Waals surface area contributed by atoms with Gasteiger partial charge in [0.15, 0.2) is 5.69 Å². The maximum atomic E-state index is 12.3. The zero-order valence-corrected chi connectivity index (χ0v) is 14.8. The quantitative estimate of drug-likeness (QED) is 0.544. The number of allylic oxidation sites excluding steroid dienone is 1. The number of carbonyl (C=O) groups excluding carboxylic acids is 1. The molecule has 0 radical (unpaired) electrons. The Morgan fingerprint density at radius 1 is 1.24 bits per heavy atom. The van der Waals surface area contributed by atoms with Crippen LogP contribution in [0.3, 0.4) is 0 Å². The molecule has 3 rings (SSSR count). The van der Waals surface area contributed by atoms with E-state index in [-0.39, 0.29) is 16.4 Å². The minimum Gasteiger partial charge on any atom is -0.287 e. The van der Waals surface area contributed by atoms with Crippen molar-refractivity contribution in [3.63, 3.8) is 0 Å². The van der Waals surface area contributed by atoms with Crippen molar-refractivity contribution in [2.24, 2.45) is 5.14 Å². The zero-order valence-electron chi connectivity index (χ0n) is 13.2. The van der Waals surface area contributed by atoms with Crippen LogP contribution in [0.4, 0.5) is 0 Å². The summed E-state index contributed by atoms with van der Waals surface area (Å²) in [7, 11) is -3.76. The van der Waals surface area contributed by atoms with Crippen LogP contribution in [0.5, 0.6) is 0 Å². The minimum absolute atomic E-state index is 0.00389. The van der Waals surface area contributed by atoms with Gasteiger partial charge in [-0.25, -0.2) is 18.2 Å². The molecule has 7 nitrogen and oxygen atoms in total. The first-order chi connectivity index (χ1) is 11.9. The van der Waals surface area contributed by atoms with E-state index in [2.05, 4.69) is 10.3 Å². The predicted molar refractivity (Wildman–Crippen MR) is 95.2 cm³/mol. The topological polar surface area (TPSA) is 108 Å². The van der Waals surface area contributed by atoms with Crippen molar-refractivity contribution in [2.75, 3.05) is 0 Å². The molecule has 0 aliphatic rings. The summed E-state index contributed by atoms with van der Waals surface area (Å²) in [6.07, 6.45) is 3.18. The van der Waals surface area contributed by atoms with Crippen molar-refractivity contribution in [2.45, 2.75) is 11.8 Å². The second kappa shape index (κ2) is 6.71. The molecule has 0 bridgehead atoms. The fourth-order valence-electron chi connectivity index (χ4n) is 2.20. The Kier molecular flexibility index (Phi) is 4.62. The van der Waals surface area contributed by atoms with E-state index in [9.17, 15) is 13.2 Å². The third kappa shape index (κ3) is 3.73. The molecule has 0 spiro atoms. The summed E-state index contributed by atoms with van der Waals surface area (Å²) in [5, 5.41) is 14.9. The fraction of sp³-hybridized carbons (Fsp3) is 0.0625. The van der Waals surface area contributed by atoms with E-state index in [0.29, 0.717) is 11.4 Å². The van der Waals surface area contributed by atoms with Crippen molar-refractivity contribution in [3.8, 4) is 5.69 Å². The van der Waals surface area contributed by atoms with E-state index in [4.69, 9.17) is 5.14 Å². The number of ketones is 1. The molecule has 0 saturated carbocycles. The van der Waals surface area contributed by atoms with Crippen LogP contribution >= 0.6 is 11.3 Å². The molecule has 2 N–H and O–H groups in total. The lowest BCUT2D eigenvalue weighted by atomic mass is 10.2. The van der Waals surface area contributed by atoms with Gasteiger partial charge in [-0.3, -0.25) is 4.79 Å². The van der Waals surface area contributed by atoms with Crippen molar-refractivity contribution in [1.82, 2.24) is 15.0 Å². The van der Waals surface area contributed by atoms with Gasteiger partial charge in [-0.1, -0.05) is 11.3 Å². The van der Waals surface area contributed by atoms with Gasteiger partial charge in [-0.05, 0) is 54.8 Å². The monoisotopic (exact) mass is 374 g/mol. The third-order valence-corrected chi connectivity index (χ3v) is 5.25. The van der Waals surface area contributed by atoms with E-state index in [1.54, 1.807) is 25.1 Å². The van der Waals surface area contributed by atoms with Crippen LogP contribution in [0, 0.1) is 6.92 Å². The number of hydrogen-bond acceptors (Lipinski definition) is 6. The summed E-state index contributed by atoms with van der Waals surface area (Å²) in [4.78, 5) is 13.3. The lowest BCUT2D eigenvalue weighted by Crippen LogP contribution is -2.12. The van der Waals surface area contributed by atoms with Crippen LogP contribution in [0.1, 0.15) is 21.1 Å². The first kappa shape index (κ1) is 17.2. The smallest absolute Gasteiger partial charge is 0.238 e. The van der Waals surface area contributed by atoms with Gasteiger partial charge in [0.25, 0.3) is 0 Å². The number of benzene rings is 1. The highest BCUT2D eigenvalue weighted by atomic mass is 32.2. The maximum absolute atomic E-state index is 12.3.